The highest BCUT2D eigenvalue weighted by Crippen LogP contribution is 2.33. The Morgan fingerprint density at radius 3 is 2.54 bits per heavy atom. The number of methoxy groups -OCH3 is 1. The van der Waals surface area contributed by atoms with Crippen molar-refractivity contribution in [3.05, 3.63) is 53.0 Å². The molecule has 3 heterocycles. The van der Waals surface area contributed by atoms with Crippen LogP contribution in [0.5, 0.6) is 0 Å². The van der Waals surface area contributed by atoms with E-state index in [4.69, 9.17) is 9.47 Å². The van der Waals surface area contributed by atoms with Crippen LogP contribution in [-0.2, 0) is 22.2 Å². The van der Waals surface area contributed by atoms with Crippen molar-refractivity contribution in [3.8, 4) is 0 Å². The lowest BCUT2D eigenvalue weighted by Crippen LogP contribution is -2.43. The van der Waals surface area contributed by atoms with Crippen molar-refractivity contribution >= 4 is 30.1 Å². The van der Waals surface area contributed by atoms with Gasteiger partial charge in [-0.1, -0.05) is 6.07 Å². The third-order valence-corrected chi connectivity index (χ3v) is 6.26. The van der Waals surface area contributed by atoms with Crippen LogP contribution in [-0.4, -0.2) is 63.2 Å². The molecule has 210 valence electrons. The zero-order valence-electron chi connectivity index (χ0n) is 22.0. The van der Waals surface area contributed by atoms with E-state index in [0.29, 0.717) is 30.8 Å². The van der Waals surface area contributed by atoms with Crippen molar-refractivity contribution in [1.82, 2.24) is 19.4 Å². The minimum Gasteiger partial charge on any atom is -0.452 e. The molecule has 1 unspecified atom stereocenters. The van der Waals surface area contributed by atoms with Gasteiger partial charge in [-0.2, -0.15) is 13.2 Å². The number of rotatable bonds is 3. The highest BCUT2D eigenvalue weighted by atomic mass is 19.4. The van der Waals surface area contributed by atoms with Crippen LogP contribution in [0.3, 0.4) is 0 Å². The van der Waals surface area contributed by atoms with Crippen molar-refractivity contribution in [2.45, 2.75) is 58.0 Å². The van der Waals surface area contributed by atoms with Crippen molar-refractivity contribution < 1.29 is 37.0 Å². The zero-order chi connectivity index (χ0) is 28.5. The van der Waals surface area contributed by atoms with E-state index >= 15 is 0 Å². The van der Waals surface area contributed by atoms with Gasteiger partial charge in [-0.05, 0) is 57.9 Å². The number of ether oxygens (including phenoxy) is 2. The maximum atomic E-state index is 13.2. The Morgan fingerprint density at radius 1 is 1.13 bits per heavy atom. The van der Waals surface area contributed by atoms with Crippen LogP contribution in [0.15, 0.2) is 30.5 Å². The van der Waals surface area contributed by atoms with E-state index in [-0.39, 0.29) is 30.6 Å². The minimum absolute atomic E-state index is 0.0560. The van der Waals surface area contributed by atoms with Gasteiger partial charge in [-0.15, -0.1) is 0 Å². The number of likely N-dealkylation sites (tertiary alicyclic amines) is 1. The third-order valence-electron chi connectivity index (χ3n) is 6.26. The van der Waals surface area contributed by atoms with Crippen molar-refractivity contribution in [2.75, 3.05) is 25.5 Å². The fourth-order valence-electron chi connectivity index (χ4n) is 4.53. The van der Waals surface area contributed by atoms with Gasteiger partial charge in [-0.3, -0.25) is 15.0 Å². The molecule has 1 aromatic carbocycles. The van der Waals surface area contributed by atoms with Crippen LogP contribution in [0.1, 0.15) is 67.0 Å². The molecule has 0 radical (unpaired) electrons. The lowest BCUT2D eigenvalue weighted by molar-refractivity contribution is -0.137. The number of nitrogens with one attached hydrogen (secondary N) is 1. The van der Waals surface area contributed by atoms with Crippen molar-refractivity contribution in [3.63, 3.8) is 0 Å². The van der Waals surface area contributed by atoms with E-state index in [1.807, 2.05) is 0 Å². The molecular weight excluding hydrogens is 519 g/mol. The first-order valence-electron chi connectivity index (χ1n) is 12.4. The molecular formula is C26H30F3N5O5. The van der Waals surface area contributed by atoms with Crippen LogP contribution >= 0.6 is 0 Å². The van der Waals surface area contributed by atoms with Gasteiger partial charge in [0.05, 0.1) is 36.6 Å². The van der Waals surface area contributed by atoms with E-state index in [0.717, 1.165) is 18.2 Å². The number of carbonyl (C=O) groups excluding carboxylic acids is 3. The molecule has 13 heteroatoms. The van der Waals surface area contributed by atoms with Crippen LogP contribution in [0.4, 0.5) is 28.7 Å². The Labute approximate surface area is 223 Å². The molecule has 10 nitrogen and oxygen atoms in total. The number of nitrogens with zero attached hydrogens (tertiary/aromatic N) is 4. The normalized spacial score (nSPS) is 17.5. The molecule has 2 aliphatic rings. The SMILES string of the molecule is COC(=O)N1C=Cc2c(nc(NC(=O)c3cccc(C(F)(F)F)c3)n2C2CCCN(C(=O)OC(C)(C)C)C2)C1. The number of benzene rings is 1. The Kier molecular flexibility index (Phi) is 7.62. The van der Waals surface area contributed by atoms with Crippen LogP contribution < -0.4 is 5.32 Å². The summed E-state index contributed by atoms with van der Waals surface area (Å²) in [6.45, 7) is 6.13. The average Bonchev–Trinajstić information content (AvgIpc) is 3.23. The summed E-state index contributed by atoms with van der Waals surface area (Å²) in [5, 5.41) is 2.64. The predicted molar refractivity (Wildman–Crippen MR) is 135 cm³/mol. The highest BCUT2D eigenvalue weighted by Gasteiger charge is 2.34. The van der Waals surface area contributed by atoms with Crippen molar-refractivity contribution in [1.29, 1.82) is 0 Å². The molecule has 1 atom stereocenters. The number of carbonyl (C=O) groups is 3. The van der Waals surface area contributed by atoms with Gasteiger partial charge in [0.15, 0.2) is 0 Å². The smallest absolute Gasteiger partial charge is 0.416 e. The number of hydrogen-bond donors (Lipinski definition) is 1. The maximum Gasteiger partial charge on any atom is 0.416 e. The van der Waals surface area contributed by atoms with E-state index in [1.165, 1.54) is 24.3 Å². The summed E-state index contributed by atoms with van der Waals surface area (Å²) in [5.74, 6) is -0.687. The first-order valence-corrected chi connectivity index (χ1v) is 12.4. The van der Waals surface area contributed by atoms with Gasteiger partial charge in [-0.25, -0.2) is 14.6 Å². The highest BCUT2D eigenvalue weighted by molar-refractivity contribution is 6.03. The van der Waals surface area contributed by atoms with Gasteiger partial charge in [0.2, 0.25) is 5.95 Å². The second-order valence-electron chi connectivity index (χ2n) is 10.3. The second kappa shape index (κ2) is 10.6. The van der Waals surface area contributed by atoms with E-state index < -0.39 is 35.4 Å². The Morgan fingerprint density at radius 2 is 1.87 bits per heavy atom. The Hall–Kier alpha value is -4.03. The number of anilines is 1. The van der Waals surface area contributed by atoms with E-state index in [1.54, 1.807) is 36.3 Å². The minimum atomic E-state index is -4.61. The molecule has 1 fully saturated rings. The molecule has 0 bridgehead atoms. The molecule has 1 N–H and O–H groups in total. The summed E-state index contributed by atoms with van der Waals surface area (Å²) >= 11 is 0. The fourth-order valence-corrected chi connectivity index (χ4v) is 4.53. The molecule has 0 aliphatic carbocycles. The number of hydrogen-bond acceptors (Lipinski definition) is 6. The summed E-state index contributed by atoms with van der Waals surface area (Å²) in [5.41, 5.74) is -0.762. The molecule has 0 spiro atoms. The summed E-state index contributed by atoms with van der Waals surface area (Å²) in [4.78, 5) is 45.3. The van der Waals surface area contributed by atoms with Crippen LogP contribution in [0.25, 0.3) is 6.08 Å². The van der Waals surface area contributed by atoms with Gasteiger partial charge >= 0.3 is 18.4 Å². The largest absolute Gasteiger partial charge is 0.452 e. The summed E-state index contributed by atoms with van der Waals surface area (Å²) in [6, 6.07) is 3.77. The zero-order valence-corrected chi connectivity index (χ0v) is 22.0. The average molecular weight is 550 g/mol. The number of piperidine rings is 1. The molecule has 2 aliphatic heterocycles. The van der Waals surface area contributed by atoms with Crippen LogP contribution in [0, 0.1) is 0 Å². The maximum absolute atomic E-state index is 13.2. The Bertz CT molecular complexity index is 1300. The van der Waals surface area contributed by atoms with E-state index in [9.17, 15) is 27.6 Å². The van der Waals surface area contributed by atoms with E-state index in [2.05, 4.69) is 10.3 Å². The standard InChI is InChI=1S/C26H30F3N5O5/c1-25(2,3)39-24(37)32-11-6-9-18(14-32)34-20-10-12-33(23(36)38-4)15-19(20)30-22(34)31-21(35)16-7-5-8-17(13-16)26(27,28)29/h5,7-8,10,12-13,18H,6,9,11,14-15H2,1-4H3,(H,30,31,35). The van der Waals surface area contributed by atoms with Gasteiger partial charge in [0, 0.05) is 24.9 Å². The van der Waals surface area contributed by atoms with Crippen LogP contribution in [0.2, 0.25) is 0 Å². The molecule has 39 heavy (non-hydrogen) atoms. The number of fused-ring (bicyclic) bond motifs is 1. The quantitative estimate of drug-likeness (QED) is 0.559. The lowest BCUT2D eigenvalue weighted by Gasteiger charge is -2.35. The molecule has 4 rings (SSSR count). The van der Waals surface area contributed by atoms with Gasteiger partial charge in [0.25, 0.3) is 5.91 Å². The number of aromatic nitrogens is 2. The first kappa shape index (κ1) is 28.0. The monoisotopic (exact) mass is 549 g/mol. The third kappa shape index (κ3) is 6.35. The summed E-state index contributed by atoms with van der Waals surface area (Å²) in [7, 11) is 1.25. The Balaban J connectivity index is 1.67. The summed E-state index contributed by atoms with van der Waals surface area (Å²) < 4.78 is 51.7. The molecule has 1 saturated heterocycles. The lowest BCUT2D eigenvalue weighted by atomic mass is 10.0. The number of imidazole rings is 1. The first-order chi connectivity index (χ1) is 18.3. The molecule has 2 aromatic rings. The second-order valence-corrected chi connectivity index (χ2v) is 10.3. The molecule has 3 amide bonds. The van der Waals surface area contributed by atoms with Gasteiger partial charge in [0.1, 0.15) is 5.60 Å². The fraction of sp³-hybridized carbons (Fsp3) is 0.462. The summed E-state index contributed by atoms with van der Waals surface area (Å²) in [6.07, 6.45) is -1.21. The topological polar surface area (TPSA) is 106 Å². The van der Waals surface area contributed by atoms with Crippen molar-refractivity contribution in [2.24, 2.45) is 0 Å². The molecule has 1 aromatic heterocycles. The number of halogens is 3. The number of alkyl halides is 3. The number of amides is 3. The molecule has 0 saturated carbocycles. The van der Waals surface area contributed by atoms with Gasteiger partial charge < -0.3 is 18.9 Å². The predicted octanol–water partition coefficient (Wildman–Crippen LogP) is 5.28.